The van der Waals surface area contributed by atoms with E-state index in [0.717, 1.165) is 44.4 Å². The summed E-state index contributed by atoms with van der Waals surface area (Å²) >= 11 is 0. The van der Waals surface area contributed by atoms with Gasteiger partial charge in [0.05, 0.1) is 19.0 Å². The molecule has 3 heteroatoms. The second-order valence-corrected chi connectivity index (χ2v) is 3.64. The fourth-order valence-electron chi connectivity index (χ4n) is 1.12. The number of hydrogen-bond donors (Lipinski definition) is 1. The fraction of sp³-hybridized carbons (Fsp3) is 0.900. The van der Waals surface area contributed by atoms with E-state index in [0.29, 0.717) is 0 Å². The molecular weight excluding hydrogens is 164 g/mol. The largest absolute Gasteiger partial charge is 0.387 e. The van der Waals surface area contributed by atoms with E-state index >= 15 is 0 Å². The molecule has 0 aromatic heterocycles. The lowest BCUT2D eigenvalue weighted by atomic mass is 10.3. The van der Waals surface area contributed by atoms with Crippen LogP contribution in [-0.2, 0) is 4.74 Å². The molecule has 76 valence electrons. The highest BCUT2D eigenvalue weighted by Gasteiger charge is 2.20. The normalized spacial score (nSPS) is 17.8. The zero-order chi connectivity index (χ0) is 9.52. The van der Waals surface area contributed by atoms with Crippen LogP contribution in [0.15, 0.2) is 4.99 Å². The standard InChI is InChI=1S/C10H20N2O/c1-2-3-10(11)12-6-7-13-8-9-4-5-9/h9H,2-8H2,1H3,(H2,11,12). The monoisotopic (exact) mass is 184 g/mol. The van der Waals surface area contributed by atoms with Crippen molar-refractivity contribution < 1.29 is 4.74 Å². The van der Waals surface area contributed by atoms with Gasteiger partial charge in [-0.15, -0.1) is 0 Å². The second kappa shape index (κ2) is 5.97. The van der Waals surface area contributed by atoms with Crippen molar-refractivity contribution in [2.24, 2.45) is 16.6 Å². The highest BCUT2D eigenvalue weighted by atomic mass is 16.5. The maximum absolute atomic E-state index is 5.63. The van der Waals surface area contributed by atoms with Crippen LogP contribution < -0.4 is 5.73 Å². The lowest BCUT2D eigenvalue weighted by Gasteiger charge is -2.00. The molecule has 0 bridgehead atoms. The predicted octanol–water partition coefficient (Wildman–Crippen LogP) is 1.57. The summed E-state index contributed by atoms with van der Waals surface area (Å²) in [4.78, 5) is 4.20. The first-order valence-electron chi connectivity index (χ1n) is 5.19. The molecule has 1 aliphatic carbocycles. The summed E-state index contributed by atoms with van der Waals surface area (Å²) in [7, 11) is 0. The zero-order valence-electron chi connectivity index (χ0n) is 8.46. The van der Waals surface area contributed by atoms with Crippen LogP contribution in [0, 0.1) is 5.92 Å². The first-order chi connectivity index (χ1) is 6.33. The van der Waals surface area contributed by atoms with Crippen LogP contribution in [0.4, 0.5) is 0 Å². The maximum atomic E-state index is 5.63. The molecule has 3 nitrogen and oxygen atoms in total. The minimum Gasteiger partial charge on any atom is -0.387 e. The Morgan fingerprint density at radius 2 is 2.31 bits per heavy atom. The summed E-state index contributed by atoms with van der Waals surface area (Å²) in [5.74, 6) is 1.61. The predicted molar refractivity (Wildman–Crippen MR) is 54.9 cm³/mol. The van der Waals surface area contributed by atoms with Crippen molar-refractivity contribution in [1.29, 1.82) is 0 Å². The molecule has 1 aliphatic rings. The molecule has 0 aromatic carbocycles. The molecule has 0 amide bonds. The van der Waals surface area contributed by atoms with Gasteiger partial charge in [-0.05, 0) is 25.2 Å². The average Bonchev–Trinajstić information content (AvgIpc) is 2.88. The Hall–Kier alpha value is -0.570. The minimum atomic E-state index is 0.721. The molecule has 1 rings (SSSR count). The third kappa shape index (κ3) is 5.64. The number of ether oxygens (including phenoxy) is 1. The van der Waals surface area contributed by atoms with Crippen LogP contribution in [0.3, 0.4) is 0 Å². The van der Waals surface area contributed by atoms with E-state index in [9.17, 15) is 0 Å². The number of nitrogens with two attached hydrogens (primary N) is 1. The van der Waals surface area contributed by atoms with E-state index in [4.69, 9.17) is 10.5 Å². The third-order valence-corrected chi connectivity index (χ3v) is 2.11. The quantitative estimate of drug-likeness (QED) is 0.371. The Balaban J connectivity index is 1.88. The van der Waals surface area contributed by atoms with Crippen LogP contribution in [0.25, 0.3) is 0 Å². The van der Waals surface area contributed by atoms with Gasteiger partial charge in [0, 0.05) is 13.0 Å². The SMILES string of the molecule is CCCC(N)=NCCOCC1CC1. The summed E-state index contributed by atoms with van der Waals surface area (Å²) in [5, 5.41) is 0. The number of hydrogen-bond acceptors (Lipinski definition) is 2. The van der Waals surface area contributed by atoms with E-state index < -0.39 is 0 Å². The van der Waals surface area contributed by atoms with Gasteiger partial charge in [-0.1, -0.05) is 6.92 Å². The smallest absolute Gasteiger partial charge is 0.0937 e. The molecule has 0 saturated heterocycles. The Morgan fingerprint density at radius 3 is 2.92 bits per heavy atom. The highest BCUT2D eigenvalue weighted by Crippen LogP contribution is 2.28. The van der Waals surface area contributed by atoms with Crippen molar-refractivity contribution in [3.05, 3.63) is 0 Å². The van der Waals surface area contributed by atoms with E-state index in [1.165, 1.54) is 12.8 Å². The van der Waals surface area contributed by atoms with Gasteiger partial charge in [0.25, 0.3) is 0 Å². The highest BCUT2D eigenvalue weighted by molar-refractivity contribution is 5.80. The van der Waals surface area contributed by atoms with E-state index in [1.807, 2.05) is 0 Å². The number of rotatable bonds is 7. The van der Waals surface area contributed by atoms with Gasteiger partial charge in [0.1, 0.15) is 0 Å². The molecular formula is C10H20N2O. The number of amidine groups is 1. The van der Waals surface area contributed by atoms with E-state index in [2.05, 4.69) is 11.9 Å². The average molecular weight is 184 g/mol. The van der Waals surface area contributed by atoms with Crippen LogP contribution >= 0.6 is 0 Å². The van der Waals surface area contributed by atoms with Crippen LogP contribution in [0.2, 0.25) is 0 Å². The summed E-state index contributed by atoms with van der Waals surface area (Å²) in [6, 6.07) is 0. The topological polar surface area (TPSA) is 47.6 Å². The first kappa shape index (κ1) is 10.5. The summed E-state index contributed by atoms with van der Waals surface area (Å²) < 4.78 is 5.42. The van der Waals surface area contributed by atoms with Gasteiger partial charge in [-0.3, -0.25) is 4.99 Å². The molecule has 13 heavy (non-hydrogen) atoms. The molecule has 1 fully saturated rings. The lowest BCUT2D eigenvalue weighted by Crippen LogP contribution is -2.13. The van der Waals surface area contributed by atoms with Gasteiger partial charge in [-0.2, -0.15) is 0 Å². The lowest BCUT2D eigenvalue weighted by molar-refractivity contribution is 0.132. The van der Waals surface area contributed by atoms with Gasteiger partial charge in [-0.25, -0.2) is 0 Å². The molecule has 0 heterocycles. The minimum absolute atomic E-state index is 0.721. The van der Waals surface area contributed by atoms with Gasteiger partial charge in [0.2, 0.25) is 0 Å². The Bertz CT molecular complexity index is 164. The van der Waals surface area contributed by atoms with Gasteiger partial charge < -0.3 is 10.5 Å². The van der Waals surface area contributed by atoms with E-state index in [1.54, 1.807) is 0 Å². The van der Waals surface area contributed by atoms with Crippen molar-refractivity contribution in [3.8, 4) is 0 Å². The zero-order valence-corrected chi connectivity index (χ0v) is 8.46. The maximum Gasteiger partial charge on any atom is 0.0937 e. The van der Waals surface area contributed by atoms with Crippen molar-refractivity contribution >= 4 is 5.84 Å². The van der Waals surface area contributed by atoms with Crippen LogP contribution in [-0.4, -0.2) is 25.6 Å². The first-order valence-corrected chi connectivity index (χ1v) is 5.19. The molecule has 0 unspecified atom stereocenters. The second-order valence-electron chi connectivity index (χ2n) is 3.64. The van der Waals surface area contributed by atoms with Crippen molar-refractivity contribution in [2.45, 2.75) is 32.6 Å². The number of nitrogens with zero attached hydrogens (tertiary/aromatic N) is 1. The van der Waals surface area contributed by atoms with Crippen molar-refractivity contribution in [3.63, 3.8) is 0 Å². The molecule has 2 N–H and O–H groups in total. The molecule has 0 atom stereocenters. The molecule has 0 aliphatic heterocycles. The van der Waals surface area contributed by atoms with Crippen LogP contribution in [0.5, 0.6) is 0 Å². The van der Waals surface area contributed by atoms with Crippen molar-refractivity contribution in [1.82, 2.24) is 0 Å². The van der Waals surface area contributed by atoms with Crippen LogP contribution in [0.1, 0.15) is 32.6 Å². The van der Waals surface area contributed by atoms with Gasteiger partial charge in [0.15, 0.2) is 0 Å². The molecule has 0 aromatic rings. The Labute approximate surface area is 80.4 Å². The van der Waals surface area contributed by atoms with Gasteiger partial charge >= 0.3 is 0 Å². The fourth-order valence-corrected chi connectivity index (χ4v) is 1.12. The Kier molecular flexibility index (Phi) is 4.83. The van der Waals surface area contributed by atoms with E-state index in [-0.39, 0.29) is 0 Å². The third-order valence-electron chi connectivity index (χ3n) is 2.11. The molecule has 0 spiro atoms. The number of aliphatic imine (C=N–C) groups is 1. The Morgan fingerprint density at radius 1 is 1.54 bits per heavy atom. The summed E-state index contributed by atoms with van der Waals surface area (Å²) in [6.07, 6.45) is 4.67. The summed E-state index contributed by atoms with van der Waals surface area (Å²) in [5.41, 5.74) is 5.63. The van der Waals surface area contributed by atoms with Crippen molar-refractivity contribution in [2.75, 3.05) is 19.8 Å². The molecule has 0 radical (unpaired) electrons. The molecule has 1 saturated carbocycles. The summed E-state index contributed by atoms with van der Waals surface area (Å²) in [6.45, 7) is 4.47.